The molecule has 0 unspecified atom stereocenters. The van der Waals surface area contributed by atoms with Crippen LogP contribution in [-0.4, -0.2) is 46.5 Å². The molecule has 3 aromatic rings. The Bertz CT molecular complexity index is 1190. The van der Waals surface area contributed by atoms with Gasteiger partial charge in [0.05, 0.1) is 17.6 Å². The van der Waals surface area contributed by atoms with Crippen molar-refractivity contribution in [3.63, 3.8) is 0 Å². The number of nitrogens with zero attached hydrogens (tertiary/aromatic N) is 4. The minimum atomic E-state index is -0.246. The van der Waals surface area contributed by atoms with Crippen LogP contribution in [0.4, 0.5) is 10.1 Å². The standard InChI is InChI=1S/C23H25FN4O2S/c1-15-19(20-21(31-15)23(30)28(14-25-20)16-6-2-3-7-16)22(29)27-12-10-26(11-13-27)18-9-5-4-8-17(18)24/h4-5,8-9,14,16H,2-3,6-7,10-13H2,1H3. The van der Waals surface area contributed by atoms with E-state index >= 15 is 0 Å². The van der Waals surface area contributed by atoms with E-state index in [1.54, 1.807) is 27.9 Å². The summed E-state index contributed by atoms with van der Waals surface area (Å²) in [6, 6.07) is 6.94. The lowest BCUT2D eigenvalue weighted by atomic mass is 10.1. The first-order valence-corrected chi connectivity index (χ1v) is 11.6. The number of halogens is 1. The molecule has 3 heterocycles. The first kappa shape index (κ1) is 20.2. The molecule has 1 amide bonds. The number of piperazine rings is 1. The van der Waals surface area contributed by atoms with Crippen molar-refractivity contribution in [1.82, 2.24) is 14.5 Å². The SMILES string of the molecule is Cc1sc2c(=O)n(C3CCCC3)cnc2c1C(=O)N1CCN(c2ccccc2F)CC1. The Hall–Kier alpha value is -2.74. The number of para-hydroxylation sites is 1. The fraction of sp³-hybridized carbons (Fsp3) is 0.435. The second-order valence-electron chi connectivity index (χ2n) is 8.34. The Labute approximate surface area is 183 Å². The van der Waals surface area contributed by atoms with Crippen LogP contribution >= 0.6 is 11.3 Å². The Morgan fingerprint density at radius 2 is 1.84 bits per heavy atom. The Balaban J connectivity index is 1.39. The van der Waals surface area contributed by atoms with E-state index in [1.807, 2.05) is 17.9 Å². The van der Waals surface area contributed by atoms with Gasteiger partial charge in [0.1, 0.15) is 16.0 Å². The van der Waals surface area contributed by atoms with Gasteiger partial charge in [-0.25, -0.2) is 9.37 Å². The van der Waals surface area contributed by atoms with Gasteiger partial charge in [-0.1, -0.05) is 25.0 Å². The van der Waals surface area contributed by atoms with Crippen LogP contribution in [0.1, 0.15) is 47.0 Å². The average molecular weight is 441 g/mol. The maximum absolute atomic E-state index is 14.1. The summed E-state index contributed by atoms with van der Waals surface area (Å²) < 4.78 is 16.4. The highest BCUT2D eigenvalue weighted by molar-refractivity contribution is 7.19. The smallest absolute Gasteiger partial charge is 0.271 e. The molecule has 0 bridgehead atoms. The van der Waals surface area contributed by atoms with Gasteiger partial charge in [-0.15, -0.1) is 11.3 Å². The van der Waals surface area contributed by atoms with Gasteiger partial charge in [-0.2, -0.15) is 0 Å². The van der Waals surface area contributed by atoms with Gasteiger partial charge in [0.25, 0.3) is 11.5 Å². The number of fused-ring (bicyclic) bond motifs is 1. The molecule has 1 aliphatic carbocycles. The van der Waals surface area contributed by atoms with Crippen molar-refractivity contribution in [2.45, 2.75) is 38.6 Å². The van der Waals surface area contributed by atoms with E-state index in [4.69, 9.17) is 0 Å². The van der Waals surface area contributed by atoms with Gasteiger partial charge in [-0.05, 0) is 31.9 Å². The van der Waals surface area contributed by atoms with Gasteiger partial charge in [0.2, 0.25) is 0 Å². The Morgan fingerprint density at radius 3 is 2.55 bits per heavy atom. The van der Waals surface area contributed by atoms with Crippen LogP contribution in [-0.2, 0) is 0 Å². The van der Waals surface area contributed by atoms with Crippen molar-refractivity contribution >= 4 is 33.1 Å². The fourth-order valence-electron chi connectivity index (χ4n) is 4.80. The van der Waals surface area contributed by atoms with E-state index in [-0.39, 0.29) is 23.3 Å². The van der Waals surface area contributed by atoms with Crippen molar-refractivity contribution in [3.8, 4) is 0 Å². The third-order valence-corrected chi connectivity index (χ3v) is 7.57. The Kier molecular flexibility index (Phi) is 5.25. The minimum absolute atomic E-state index is 0.0339. The molecular formula is C23H25FN4O2S. The molecule has 0 atom stereocenters. The predicted octanol–water partition coefficient (Wildman–Crippen LogP) is 3.98. The maximum atomic E-state index is 14.1. The molecule has 31 heavy (non-hydrogen) atoms. The van der Waals surface area contributed by atoms with Crippen LogP contribution in [0.15, 0.2) is 35.4 Å². The molecule has 1 aliphatic heterocycles. The molecule has 8 heteroatoms. The molecule has 1 saturated carbocycles. The second-order valence-corrected chi connectivity index (χ2v) is 9.56. The van der Waals surface area contributed by atoms with Crippen LogP contribution < -0.4 is 10.5 Å². The lowest BCUT2D eigenvalue weighted by molar-refractivity contribution is 0.0748. The zero-order valence-electron chi connectivity index (χ0n) is 17.5. The molecule has 6 nitrogen and oxygen atoms in total. The number of carbonyl (C=O) groups is 1. The summed E-state index contributed by atoms with van der Waals surface area (Å²) in [7, 11) is 0. The van der Waals surface area contributed by atoms with Crippen molar-refractivity contribution in [2.75, 3.05) is 31.1 Å². The van der Waals surface area contributed by atoms with Crippen LogP contribution in [0.2, 0.25) is 0 Å². The molecule has 2 aliphatic rings. The average Bonchev–Trinajstić information content (AvgIpc) is 3.42. The third kappa shape index (κ3) is 3.52. The van der Waals surface area contributed by atoms with Gasteiger partial charge in [-0.3, -0.25) is 14.2 Å². The summed E-state index contributed by atoms with van der Waals surface area (Å²) in [6.45, 7) is 4.02. The van der Waals surface area contributed by atoms with E-state index in [0.29, 0.717) is 47.6 Å². The molecule has 162 valence electrons. The summed E-state index contributed by atoms with van der Waals surface area (Å²) in [5.41, 5.74) is 1.59. The fourth-order valence-corrected chi connectivity index (χ4v) is 5.84. The van der Waals surface area contributed by atoms with Gasteiger partial charge < -0.3 is 9.80 Å². The zero-order chi connectivity index (χ0) is 21.5. The lowest BCUT2D eigenvalue weighted by Gasteiger charge is -2.36. The highest BCUT2D eigenvalue weighted by Crippen LogP contribution is 2.32. The normalized spacial score (nSPS) is 17.6. The van der Waals surface area contributed by atoms with Gasteiger partial charge in [0.15, 0.2) is 0 Å². The summed E-state index contributed by atoms with van der Waals surface area (Å²) in [5, 5.41) is 0. The van der Waals surface area contributed by atoms with E-state index in [1.165, 1.54) is 17.4 Å². The number of thiophene rings is 1. The van der Waals surface area contributed by atoms with Crippen molar-refractivity contribution in [3.05, 3.63) is 57.2 Å². The number of hydrogen-bond donors (Lipinski definition) is 0. The van der Waals surface area contributed by atoms with Crippen molar-refractivity contribution in [1.29, 1.82) is 0 Å². The van der Waals surface area contributed by atoms with Crippen molar-refractivity contribution in [2.24, 2.45) is 0 Å². The summed E-state index contributed by atoms with van der Waals surface area (Å²) in [5.74, 6) is -0.341. The van der Waals surface area contributed by atoms with Gasteiger partial charge in [0, 0.05) is 37.1 Å². The second kappa shape index (κ2) is 8.07. The number of amides is 1. The monoisotopic (exact) mass is 440 g/mol. The highest BCUT2D eigenvalue weighted by Gasteiger charge is 2.29. The molecular weight excluding hydrogens is 415 g/mol. The molecule has 0 radical (unpaired) electrons. The minimum Gasteiger partial charge on any atom is -0.366 e. The van der Waals surface area contributed by atoms with Crippen LogP contribution in [0.25, 0.3) is 10.2 Å². The summed E-state index contributed by atoms with van der Waals surface area (Å²) in [6.07, 6.45) is 5.92. The number of hydrogen-bond acceptors (Lipinski definition) is 5. The number of aromatic nitrogens is 2. The molecule has 0 spiro atoms. The van der Waals surface area contributed by atoms with E-state index < -0.39 is 0 Å². The third-order valence-electron chi connectivity index (χ3n) is 6.49. The molecule has 5 rings (SSSR count). The molecule has 2 fully saturated rings. The highest BCUT2D eigenvalue weighted by atomic mass is 32.1. The topological polar surface area (TPSA) is 58.4 Å². The number of anilines is 1. The number of rotatable bonds is 3. The van der Waals surface area contributed by atoms with Crippen LogP contribution in [0.3, 0.4) is 0 Å². The Morgan fingerprint density at radius 1 is 1.13 bits per heavy atom. The predicted molar refractivity (Wildman–Crippen MR) is 121 cm³/mol. The molecule has 0 N–H and O–H groups in total. The van der Waals surface area contributed by atoms with Crippen LogP contribution in [0, 0.1) is 12.7 Å². The maximum Gasteiger partial charge on any atom is 0.271 e. The largest absolute Gasteiger partial charge is 0.366 e. The number of aryl methyl sites for hydroxylation is 1. The summed E-state index contributed by atoms with van der Waals surface area (Å²) >= 11 is 1.37. The molecule has 1 saturated heterocycles. The number of carbonyl (C=O) groups excluding carboxylic acids is 1. The van der Waals surface area contributed by atoms with E-state index in [0.717, 1.165) is 30.6 Å². The first-order valence-electron chi connectivity index (χ1n) is 10.8. The van der Waals surface area contributed by atoms with Gasteiger partial charge >= 0.3 is 0 Å². The summed E-state index contributed by atoms with van der Waals surface area (Å²) in [4.78, 5) is 35.6. The van der Waals surface area contributed by atoms with E-state index in [9.17, 15) is 14.0 Å². The quantitative estimate of drug-likeness (QED) is 0.618. The zero-order valence-corrected chi connectivity index (χ0v) is 18.3. The number of benzene rings is 1. The first-order chi connectivity index (χ1) is 15.0. The lowest BCUT2D eigenvalue weighted by Crippen LogP contribution is -2.49. The molecule has 1 aromatic carbocycles. The van der Waals surface area contributed by atoms with E-state index in [2.05, 4.69) is 4.98 Å². The van der Waals surface area contributed by atoms with Crippen LogP contribution in [0.5, 0.6) is 0 Å². The van der Waals surface area contributed by atoms with Crippen molar-refractivity contribution < 1.29 is 9.18 Å². The molecule has 2 aromatic heterocycles.